The molecule has 0 aromatic heterocycles. The van der Waals surface area contributed by atoms with Gasteiger partial charge in [0.05, 0.1) is 12.2 Å². The van der Waals surface area contributed by atoms with Crippen LogP contribution in [0.15, 0.2) is 42.5 Å². The second kappa shape index (κ2) is 6.14. The summed E-state index contributed by atoms with van der Waals surface area (Å²) in [6, 6.07) is 13.3. The summed E-state index contributed by atoms with van der Waals surface area (Å²) in [5, 5.41) is 0. The van der Waals surface area contributed by atoms with Crippen molar-refractivity contribution in [1.82, 2.24) is 0 Å². The molecule has 3 rings (SSSR count). The monoisotopic (exact) mass is 294 g/mol. The first-order valence-electron chi connectivity index (χ1n) is 7.63. The number of hydrogen-bond acceptors (Lipinski definition) is 3. The molecule has 22 heavy (non-hydrogen) atoms. The fourth-order valence-electron chi connectivity index (χ4n) is 2.92. The second-order valence-electron chi connectivity index (χ2n) is 5.41. The number of rotatable bonds is 3. The van der Waals surface area contributed by atoms with Crippen molar-refractivity contribution in [2.24, 2.45) is 0 Å². The number of benzene rings is 2. The molecule has 0 radical (unpaired) electrons. The topological polar surface area (TPSA) is 43.4 Å². The molecule has 112 valence electrons. The molecule has 0 unspecified atom stereocenters. The Balaban J connectivity index is 2.07. The van der Waals surface area contributed by atoms with Crippen molar-refractivity contribution < 1.29 is 14.3 Å². The van der Waals surface area contributed by atoms with Gasteiger partial charge in [-0.1, -0.05) is 30.3 Å². The largest absolute Gasteiger partial charge is 0.462 e. The maximum absolute atomic E-state index is 12.1. The second-order valence-corrected chi connectivity index (χ2v) is 5.41. The number of ether oxygens (including phenoxy) is 1. The normalized spacial score (nSPS) is 13.6. The van der Waals surface area contributed by atoms with Crippen LogP contribution in [0.2, 0.25) is 0 Å². The number of esters is 1. The van der Waals surface area contributed by atoms with Gasteiger partial charge in [0, 0.05) is 12.0 Å². The van der Waals surface area contributed by atoms with Crippen molar-refractivity contribution >= 4 is 11.8 Å². The Morgan fingerprint density at radius 2 is 1.91 bits per heavy atom. The quantitative estimate of drug-likeness (QED) is 0.802. The Kier molecular flexibility index (Phi) is 4.05. The van der Waals surface area contributed by atoms with Crippen LogP contribution in [0.5, 0.6) is 0 Å². The van der Waals surface area contributed by atoms with Crippen LogP contribution in [-0.4, -0.2) is 18.4 Å². The zero-order valence-corrected chi connectivity index (χ0v) is 12.6. The molecule has 0 fully saturated rings. The molecule has 0 N–H and O–H groups in total. The first-order chi connectivity index (χ1) is 10.7. The minimum atomic E-state index is -0.331. The molecule has 0 spiro atoms. The third kappa shape index (κ3) is 2.67. The number of ketones is 1. The van der Waals surface area contributed by atoms with Crippen molar-refractivity contribution in [1.29, 1.82) is 0 Å². The molecule has 2 aromatic rings. The van der Waals surface area contributed by atoms with Crippen molar-refractivity contribution in [3.05, 3.63) is 59.2 Å². The molecule has 2 aromatic carbocycles. The van der Waals surface area contributed by atoms with E-state index in [2.05, 4.69) is 0 Å². The summed E-state index contributed by atoms with van der Waals surface area (Å²) in [6.45, 7) is 2.13. The number of aryl methyl sites for hydroxylation is 1. The van der Waals surface area contributed by atoms with E-state index in [1.54, 1.807) is 13.0 Å². The Morgan fingerprint density at radius 3 is 2.73 bits per heavy atom. The fraction of sp³-hybridized carbons (Fsp3) is 0.263. The molecule has 1 aliphatic rings. The van der Waals surface area contributed by atoms with E-state index in [1.807, 2.05) is 36.4 Å². The Bertz CT molecular complexity index is 731. The predicted molar refractivity (Wildman–Crippen MR) is 85.1 cm³/mol. The molecule has 3 nitrogen and oxygen atoms in total. The third-order valence-electron chi connectivity index (χ3n) is 3.99. The highest BCUT2D eigenvalue weighted by atomic mass is 16.5. The highest BCUT2D eigenvalue weighted by Gasteiger charge is 2.19. The molecule has 0 atom stereocenters. The molecule has 0 saturated carbocycles. The Morgan fingerprint density at radius 1 is 1.09 bits per heavy atom. The van der Waals surface area contributed by atoms with Gasteiger partial charge in [0.15, 0.2) is 5.78 Å². The molecule has 3 heteroatoms. The van der Waals surface area contributed by atoms with E-state index in [1.165, 1.54) is 0 Å². The van der Waals surface area contributed by atoms with E-state index in [9.17, 15) is 9.59 Å². The van der Waals surface area contributed by atoms with E-state index in [-0.39, 0.29) is 11.8 Å². The summed E-state index contributed by atoms with van der Waals surface area (Å²) in [6.07, 6.45) is 2.47. The lowest BCUT2D eigenvalue weighted by atomic mass is 9.87. The van der Waals surface area contributed by atoms with Crippen molar-refractivity contribution in [2.45, 2.75) is 26.2 Å². The first kappa shape index (κ1) is 14.5. The summed E-state index contributed by atoms with van der Waals surface area (Å²) in [7, 11) is 0. The van der Waals surface area contributed by atoms with Crippen LogP contribution in [-0.2, 0) is 11.2 Å². The maximum atomic E-state index is 12.1. The molecule has 0 aliphatic heterocycles. The zero-order valence-electron chi connectivity index (χ0n) is 12.6. The summed E-state index contributed by atoms with van der Waals surface area (Å²) >= 11 is 0. The lowest BCUT2D eigenvalue weighted by Gasteiger charge is -2.16. The smallest absolute Gasteiger partial charge is 0.338 e. The number of carbonyl (C=O) groups excluding carboxylic acids is 2. The summed E-state index contributed by atoms with van der Waals surface area (Å²) in [5.74, 6) is -0.140. The maximum Gasteiger partial charge on any atom is 0.338 e. The third-order valence-corrected chi connectivity index (χ3v) is 3.99. The van der Waals surface area contributed by atoms with Crippen molar-refractivity contribution in [3.8, 4) is 11.1 Å². The van der Waals surface area contributed by atoms with E-state index < -0.39 is 0 Å². The van der Waals surface area contributed by atoms with Gasteiger partial charge in [-0.05, 0) is 48.6 Å². The van der Waals surface area contributed by atoms with Gasteiger partial charge in [0.25, 0.3) is 0 Å². The van der Waals surface area contributed by atoms with Crippen LogP contribution < -0.4 is 0 Å². The SMILES string of the molecule is CCOC(=O)c1ccccc1-c1ccc2c(c1)C(=O)CCC2. The summed E-state index contributed by atoms with van der Waals surface area (Å²) < 4.78 is 5.12. The van der Waals surface area contributed by atoms with E-state index in [0.29, 0.717) is 18.6 Å². The van der Waals surface area contributed by atoms with E-state index in [0.717, 1.165) is 35.1 Å². The van der Waals surface area contributed by atoms with Crippen LogP contribution >= 0.6 is 0 Å². The highest BCUT2D eigenvalue weighted by Crippen LogP contribution is 2.29. The summed E-state index contributed by atoms with van der Waals surface area (Å²) in [4.78, 5) is 24.2. The van der Waals surface area contributed by atoms with Crippen LogP contribution in [0.3, 0.4) is 0 Å². The predicted octanol–water partition coefficient (Wildman–Crippen LogP) is 4.05. The molecule has 1 aliphatic carbocycles. The van der Waals surface area contributed by atoms with Gasteiger partial charge in [-0.25, -0.2) is 4.79 Å². The van der Waals surface area contributed by atoms with Crippen LogP contribution in [0.25, 0.3) is 11.1 Å². The van der Waals surface area contributed by atoms with Gasteiger partial charge in [0.1, 0.15) is 0 Å². The number of hydrogen-bond donors (Lipinski definition) is 0. The highest BCUT2D eigenvalue weighted by molar-refractivity contribution is 6.01. The molecular formula is C19H18O3. The minimum Gasteiger partial charge on any atom is -0.462 e. The van der Waals surface area contributed by atoms with E-state index in [4.69, 9.17) is 4.74 Å². The van der Waals surface area contributed by atoms with Crippen molar-refractivity contribution in [3.63, 3.8) is 0 Å². The molecular weight excluding hydrogens is 276 g/mol. The molecule has 0 bridgehead atoms. The Labute approximate surface area is 129 Å². The number of carbonyl (C=O) groups is 2. The standard InChI is InChI=1S/C19H18O3/c1-2-22-19(21)16-8-4-3-7-15(16)14-11-10-13-6-5-9-18(20)17(13)12-14/h3-4,7-8,10-12H,2,5-6,9H2,1H3. The van der Waals surface area contributed by atoms with Gasteiger partial charge >= 0.3 is 5.97 Å². The summed E-state index contributed by atoms with van der Waals surface area (Å²) in [5.41, 5.74) is 4.13. The molecule has 0 amide bonds. The average Bonchev–Trinajstić information content (AvgIpc) is 2.55. The van der Waals surface area contributed by atoms with Gasteiger partial charge in [-0.3, -0.25) is 4.79 Å². The van der Waals surface area contributed by atoms with Crippen LogP contribution in [0.4, 0.5) is 0 Å². The van der Waals surface area contributed by atoms with Crippen LogP contribution in [0.1, 0.15) is 46.0 Å². The van der Waals surface area contributed by atoms with Crippen LogP contribution in [0, 0.1) is 0 Å². The Hall–Kier alpha value is -2.42. The van der Waals surface area contributed by atoms with Gasteiger partial charge in [-0.2, -0.15) is 0 Å². The minimum absolute atomic E-state index is 0.191. The average molecular weight is 294 g/mol. The molecule has 0 heterocycles. The lowest BCUT2D eigenvalue weighted by Crippen LogP contribution is -2.11. The molecule has 0 saturated heterocycles. The first-order valence-corrected chi connectivity index (χ1v) is 7.63. The number of Topliss-reactive ketones (excluding diaryl/α,β-unsaturated/α-hetero) is 1. The van der Waals surface area contributed by atoms with Gasteiger partial charge in [0.2, 0.25) is 0 Å². The van der Waals surface area contributed by atoms with Gasteiger partial charge in [-0.15, -0.1) is 0 Å². The van der Waals surface area contributed by atoms with E-state index >= 15 is 0 Å². The lowest BCUT2D eigenvalue weighted by molar-refractivity contribution is 0.0527. The fourth-order valence-corrected chi connectivity index (χ4v) is 2.92. The van der Waals surface area contributed by atoms with Crippen molar-refractivity contribution in [2.75, 3.05) is 6.61 Å². The van der Waals surface area contributed by atoms with Gasteiger partial charge < -0.3 is 4.74 Å². The number of fused-ring (bicyclic) bond motifs is 1. The zero-order chi connectivity index (χ0) is 15.5.